The maximum atomic E-state index is 10.7. The maximum absolute atomic E-state index is 10.7. The first-order valence-corrected chi connectivity index (χ1v) is 6.08. The monoisotopic (exact) mass is 202 g/mol. The summed E-state index contributed by atoms with van der Waals surface area (Å²) in [6.45, 7) is 0. The molecular weight excluding hydrogens is 184 g/mol. The minimum atomic E-state index is -0.494. The molecule has 1 aromatic carbocycles. The molecule has 0 radical (unpaired) electrons. The van der Waals surface area contributed by atoms with Crippen molar-refractivity contribution in [3.8, 4) is 0 Å². The SMILES string of the molecule is OC1(c2ccccc2)CC2CCCCC21. The van der Waals surface area contributed by atoms with Crippen molar-refractivity contribution in [3.05, 3.63) is 35.9 Å². The Balaban J connectivity index is 1.87. The summed E-state index contributed by atoms with van der Waals surface area (Å²) in [5, 5.41) is 10.7. The molecule has 3 rings (SSSR count). The fourth-order valence-corrected chi connectivity index (χ4v) is 3.53. The molecule has 0 spiro atoms. The zero-order chi connectivity index (χ0) is 10.3. The highest BCUT2D eigenvalue weighted by Crippen LogP contribution is 2.56. The van der Waals surface area contributed by atoms with E-state index in [9.17, 15) is 5.11 Å². The highest BCUT2D eigenvalue weighted by atomic mass is 16.3. The van der Waals surface area contributed by atoms with Crippen molar-refractivity contribution in [2.75, 3.05) is 0 Å². The molecule has 1 nitrogen and oxygen atoms in total. The lowest BCUT2D eigenvalue weighted by Crippen LogP contribution is -2.52. The van der Waals surface area contributed by atoms with E-state index in [4.69, 9.17) is 0 Å². The molecule has 15 heavy (non-hydrogen) atoms. The molecule has 0 aromatic heterocycles. The summed E-state index contributed by atoms with van der Waals surface area (Å²) in [6, 6.07) is 10.2. The van der Waals surface area contributed by atoms with E-state index in [0.29, 0.717) is 5.92 Å². The van der Waals surface area contributed by atoms with E-state index in [1.54, 1.807) is 0 Å². The number of benzene rings is 1. The van der Waals surface area contributed by atoms with Gasteiger partial charge in [0.2, 0.25) is 0 Å². The van der Waals surface area contributed by atoms with Gasteiger partial charge in [0.25, 0.3) is 0 Å². The Morgan fingerprint density at radius 1 is 1.07 bits per heavy atom. The Morgan fingerprint density at radius 2 is 1.80 bits per heavy atom. The van der Waals surface area contributed by atoms with Crippen LogP contribution >= 0.6 is 0 Å². The van der Waals surface area contributed by atoms with Gasteiger partial charge in [-0.05, 0) is 36.7 Å². The maximum Gasteiger partial charge on any atom is 0.0930 e. The molecule has 2 aliphatic carbocycles. The standard InChI is InChI=1S/C14H18O/c15-14(12-7-2-1-3-8-12)10-11-6-4-5-9-13(11)14/h1-3,7-8,11,13,15H,4-6,9-10H2. The van der Waals surface area contributed by atoms with Gasteiger partial charge in [-0.2, -0.15) is 0 Å². The highest BCUT2D eigenvalue weighted by molar-refractivity contribution is 5.27. The molecule has 1 heteroatoms. The molecular formula is C14H18O. The van der Waals surface area contributed by atoms with E-state index < -0.39 is 5.60 Å². The average Bonchev–Trinajstić information content (AvgIpc) is 2.29. The van der Waals surface area contributed by atoms with Crippen LogP contribution in [0.25, 0.3) is 0 Å². The van der Waals surface area contributed by atoms with Crippen molar-refractivity contribution < 1.29 is 5.11 Å². The molecule has 0 amide bonds. The quantitative estimate of drug-likeness (QED) is 0.742. The lowest BCUT2D eigenvalue weighted by Gasteiger charge is -2.54. The second-order valence-corrected chi connectivity index (χ2v) is 5.15. The largest absolute Gasteiger partial charge is 0.385 e. The van der Waals surface area contributed by atoms with Gasteiger partial charge in [-0.1, -0.05) is 43.2 Å². The van der Waals surface area contributed by atoms with E-state index in [-0.39, 0.29) is 0 Å². The van der Waals surface area contributed by atoms with Gasteiger partial charge in [-0.15, -0.1) is 0 Å². The van der Waals surface area contributed by atoms with Crippen LogP contribution in [0, 0.1) is 11.8 Å². The zero-order valence-corrected chi connectivity index (χ0v) is 9.02. The second-order valence-electron chi connectivity index (χ2n) is 5.15. The fraction of sp³-hybridized carbons (Fsp3) is 0.571. The highest BCUT2D eigenvalue weighted by Gasteiger charge is 2.53. The smallest absolute Gasteiger partial charge is 0.0930 e. The van der Waals surface area contributed by atoms with Crippen LogP contribution in [0.2, 0.25) is 0 Å². The van der Waals surface area contributed by atoms with E-state index in [1.165, 1.54) is 25.7 Å². The Morgan fingerprint density at radius 3 is 2.53 bits per heavy atom. The molecule has 2 aliphatic rings. The van der Waals surface area contributed by atoms with Crippen molar-refractivity contribution in [3.63, 3.8) is 0 Å². The predicted molar refractivity (Wildman–Crippen MR) is 60.4 cm³/mol. The van der Waals surface area contributed by atoms with Crippen molar-refractivity contribution in [2.24, 2.45) is 11.8 Å². The summed E-state index contributed by atoms with van der Waals surface area (Å²) < 4.78 is 0. The first-order chi connectivity index (χ1) is 7.31. The van der Waals surface area contributed by atoms with Gasteiger partial charge in [0, 0.05) is 0 Å². The average molecular weight is 202 g/mol. The number of hydrogen-bond donors (Lipinski definition) is 1. The Kier molecular flexibility index (Phi) is 2.10. The Hall–Kier alpha value is -0.820. The third kappa shape index (κ3) is 1.33. The van der Waals surface area contributed by atoms with E-state index in [2.05, 4.69) is 12.1 Å². The summed E-state index contributed by atoms with van der Waals surface area (Å²) in [5.41, 5.74) is 0.639. The molecule has 2 saturated carbocycles. The van der Waals surface area contributed by atoms with Crippen molar-refractivity contribution in [2.45, 2.75) is 37.7 Å². The number of rotatable bonds is 1. The lowest BCUT2D eigenvalue weighted by atomic mass is 9.54. The van der Waals surface area contributed by atoms with Crippen molar-refractivity contribution in [1.29, 1.82) is 0 Å². The summed E-state index contributed by atoms with van der Waals surface area (Å²) >= 11 is 0. The van der Waals surface area contributed by atoms with Gasteiger partial charge in [0.05, 0.1) is 5.60 Å². The van der Waals surface area contributed by atoms with Gasteiger partial charge >= 0.3 is 0 Å². The van der Waals surface area contributed by atoms with Crippen LogP contribution in [-0.4, -0.2) is 5.11 Å². The number of hydrogen-bond acceptors (Lipinski definition) is 1. The zero-order valence-electron chi connectivity index (χ0n) is 9.02. The first kappa shape index (κ1) is 9.41. The molecule has 2 fully saturated rings. The normalized spacial score (nSPS) is 39.3. The molecule has 3 atom stereocenters. The van der Waals surface area contributed by atoms with Crippen LogP contribution in [0.15, 0.2) is 30.3 Å². The van der Waals surface area contributed by atoms with Gasteiger partial charge in [0.1, 0.15) is 0 Å². The molecule has 1 aromatic rings. The third-order valence-electron chi connectivity index (χ3n) is 4.37. The molecule has 1 N–H and O–H groups in total. The molecule has 80 valence electrons. The van der Waals surface area contributed by atoms with Crippen LogP contribution in [0.5, 0.6) is 0 Å². The van der Waals surface area contributed by atoms with Gasteiger partial charge in [-0.3, -0.25) is 0 Å². The van der Waals surface area contributed by atoms with Crippen LogP contribution in [-0.2, 0) is 5.60 Å². The summed E-state index contributed by atoms with van der Waals surface area (Å²) in [6.07, 6.45) is 6.21. The van der Waals surface area contributed by atoms with Gasteiger partial charge < -0.3 is 5.11 Å². The van der Waals surface area contributed by atoms with Gasteiger partial charge in [0.15, 0.2) is 0 Å². The molecule has 0 heterocycles. The third-order valence-corrected chi connectivity index (χ3v) is 4.37. The lowest BCUT2D eigenvalue weighted by molar-refractivity contribution is -0.161. The summed E-state index contributed by atoms with van der Waals surface area (Å²) in [4.78, 5) is 0. The summed E-state index contributed by atoms with van der Waals surface area (Å²) in [5.74, 6) is 1.33. The van der Waals surface area contributed by atoms with E-state index in [0.717, 1.165) is 17.9 Å². The molecule has 0 bridgehead atoms. The fourth-order valence-electron chi connectivity index (χ4n) is 3.53. The first-order valence-electron chi connectivity index (χ1n) is 6.08. The van der Waals surface area contributed by atoms with Crippen LogP contribution < -0.4 is 0 Å². The number of aliphatic hydroxyl groups is 1. The van der Waals surface area contributed by atoms with Gasteiger partial charge in [-0.25, -0.2) is 0 Å². The molecule has 0 saturated heterocycles. The summed E-state index contributed by atoms with van der Waals surface area (Å²) in [7, 11) is 0. The second kappa shape index (κ2) is 3.34. The minimum Gasteiger partial charge on any atom is -0.385 e. The van der Waals surface area contributed by atoms with Crippen LogP contribution in [0.4, 0.5) is 0 Å². The van der Waals surface area contributed by atoms with Crippen LogP contribution in [0.1, 0.15) is 37.7 Å². The minimum absolute atomic E-state index is 0.494. The topological polar surface area (TPSA) is 20.2 Å². The van der Waals surface area contributed by atoms with Crippen molar-refractivity contribution in [1.82, 2.24) is 0 Å². The van der Waals surface area contributed by atoms with Crippen LogP contribution in [0.3, 0.4) is 0 Å². The van der Waals surface area contributed by atoms with E-state index >= 15 is 0 Å². The molecule has 0 aliphatic heterocycles. The Bertz CT molecular complexity index is 346. The molecule has 3 unspecified atom stereocenters. The van der Waals surface area contributed by atoms with Crippen molar-refractivity contribution >= 4 is 0 Å². The Labute approximate surface area is 91.1 Å². The van der Waals surface area contributed by atoms with E-state index in [1.807, 2.05) is 18.2 Å². The number of fused-ring (bicyclic) bond motifs is 1. The predicted octanol–water partition coefficient (Wildman–Crippen LogP) is 3.08.